The Morgan fingerprint density at radius 1 is 1.65 bits per heavy atom. The molecule has 0 aliphatic carbocycles. The van der Waals surface area contributed by atoms with Crippen LogP contribution in [0.3, 0.4) is 0 Å². The van der Waals surface area contributed by atoms with Gasteiger partial charge in [0, 0.05) is 32.3 Å². The second-order valence-electron chi connectivity index (χ2n) is 4.79. The van der Waals surface area contributed by atoms with Crippen molar-refractivity contribution in [3.8, 4) is 0 Å². The molecule has 5 heteroatoms. The lowest BCUT2D eigenvalue weighted by Crippen LogP contribution is -2.29. The normalized spacial score (nSPS) is 21.9. The van der Waals surface area contributed by atoms with Gasteiger partial charge in [0.2, 0.25) is 0 Å². The first kappa shape index (κ1) is 12.5. The van der Waals surface area contributed by atoms with Crippen molar-refractivity contribution in [1.29, 1.82) is 0 Å². The van der Waals surface area contributed by atoms with Crippen molar-refractivity contribution in [2.75, 3.05) is 13.7 Å². The second kappa shape index (κ2) is 6.12. The number of rotatable bonds is 6. The summed E-state index contributed by atoms with van der Waals surface area (Å²) in [5.41, 5.74) is 1.05. The molecule has 1 aliphatic rings. The largest absolute Gasteiger partial charge is 0.378 e. The van der Waals surface area contributed by atoms with E-state index < -0.39 is 0 Å². The molecule has 2 heterocycles. The van der Waals surface area contributed by atoms with Gasteiger partial charge >= 0.3 is 0 Å². The molecule has 2 rings (SSSR count). The lowest BCUT2D eigenvalue weighted by atomic mass is 10.0. The topological polar surface area (TPSA) is 52.0 Å². The van der Waals surface area contributed by atoms with Crippen molar-refractivity contribution in [2.45, 2.75) is 44.2 Å². The highest BCUT2D eigenvalue weighted by molar-refractivity contribution is 4.95. The van der Waals surface area contributed by atoms with Crippen LogP contribution in [0, 0.1) is 0 Å². The number of nitrogens with one attached hydrogen (secondary N) is 1. The first-order valence-corrected chi connectivity index (χ1v) is 6.42. The molecule has 96 valence electrons. The lowest BCUT2D eigenvalue weighted by molar-refractivity contribution is 0.0998. The molecule has 0 bridgehead atoms. The summed E-state index contributed by atoms with van der Waals surface area (Å²) >= 11 is 0. The van der Waals surface area contributed by atoms with Crippen LogP contribution in [0.5, 0.6) is 0 Å². The summed E-state index contributed by atoms with van der Waals surface area (Å²) in [6, 6.07) is 0.468. The number of hydrogen-bond donors (Lipinski definition) is 1. The molecule has 0 amide bonds. The lowest BCUT2D eigenvalue weighted by Gasteiger charge is -2.17. The van der Waals surface area contributed by atoms with E-state index in [0.29, 0.717) is 12.1 Å². The molecule has 0 aromatic carbocycles. The Bertz CT molecular complexity index is 333. The van der Waals surface area contributed by atoms with Crippen molar-refractivity contribution >= 4 is 0 Å². The average molecular weight is 238 g/mol. The van der Waals surface area contributed by atoms with Crippen LogP contribution >= 0.6 is 0 Å². The summed E-state index contributed by atoms with van der Waals surface area (Å²) < 4.78 is 7.39. The van der Waals surface area contributed by atoms with Crippen LogP contribution in [-0.4, -0.2) is 40.8 Å². The zero-order valence-corrected chi connectivity index (χ0v) is 10.7. The Labute approximate surface area is 103 Å². The standard InChI is InChI=1S/C12H22N4O/c1-13-10(5-6-12-4-3-7-17-12)8-11-9-16(2)15-14-11/h9-10,12-13H,3-8H2,1-2H3. The van der Waals surface area contributed by atoms with E-state index in [1.807, 2.05) is 20.3 Å². The smallest absolute Gasteiger partial charge is 0.0842 e. The van der Waals surface area contributed by atoms with E-state index in [4.69, 9.17) is 4.74 Å². The minimum atomic E-state index is 0.468. The van der Waals surface area contributed by atoms with Crippen LogP contribution in [0.1, 0.15) is 31.4 Å². The zero-order valence-electron chi connectivity index (χ0n) is 10.7. The van der Waals surface area contributed by atoms with Gasteiger partial charge in [0.05, 0.1) is 11.8 Å². The van der Waals surface area contributed by atoms with Gasteiger partial charge in [0.25, 0.3) is 0 Å². The molecule has 0 radical (unpaired) electrons. The maximum absolute atomic E-state index is 5.64. The third kappa shape index (κ3) is 3.78. The summed E-state index contributed by atoms with van der Waals surface area (Å²) in [6.45, 7) is 0.943. The molecule has 5 nitrogen and oxygen atoms in total. The predicted octanol–water partition coefficient (Wildman–Crippen LogP) is 0.905. The summed E-state index contributed by atoms with van der Waals surface area (Å²) in [5, 5.41) is 11.4. The Hall–Kier alpha value is -0.940. The van der Waals surface area contributed by atoms with Crippen molar-refractivity contribution in [1.82, 2.24) is 20.3 Å². The zero-order chi connectivity index (χ0) is 12.1. The summed E-state index contributed by atoms with van der Waals surface area (Å²) in [5.74, 6) is 0. The van der Waals surface area contributed by atoms with Crippen LogP contribution < -0.4 is 5.32 Å². The number of nitrogens with zero attached hydrogens (tertiary/aromatic N) is 3. The highest BCUT2D eigenvalue weighted by Crippen LogP contribution is 2.18. The maximum Gasteiger partial charge on any atom is 0.0842 e. The monoisotopic (exact) mass is 238 g/mol. The highest BCUT2D eigenvalue weighted by atomic mass is 16.5. The van der Waals surface area contributed by atoms with Crippen molar-refractivity contribution in [3.63, 3.8) is 0 Å². The molecule has 17 heavy (non-hydrogen) atoms. The quantitative estimate of drug-likeness (QED) is 0.800. The molecule has 1 aliphatic heterocycles. The van der Waals surface area contributed by atoms with E-state index in [2.05, 4.69) is 15.6 Å². The number of aromatic nitrogens is 3. The predicted molar refractivity (Wildman–Crippen MR) is 65.8 cm³/mol. The van der Waals surface area contributed by atoms with Crippen LogP contribution in [0.25, 0.3) is 0 Å². The number of hydrogen-bond acceptors (Lipinski definition) is 4. The summed E-state index contributed by atoms with van der Waals surface area (Å²) in [6.07, 6.45) is 8.13. The molecular weight excluding hydrogens is 216 g/mol. The van der Waals surface area contributed by atoms with Gasteiger partial charge in [-0.1, -0.05) is 5.21 Å². The molecule has 2 atom stereocenters. The average Bonchev–Trinajstić information content (AvgIpc) is 2.96. The first-order valence-electron chi connectivity index (χ1n) is 6.42. The first-order chi connectivity index (χ1) is 8.28. The Morgan fingerprint density at radius 3 is 3.12 bits per heavy atom. The van der Waals surface area contributed by atoms with Gasteiger partial charge in [0.1, 0.15) is 0 Å². The van der Waals surface area contributed by atoms with E-state index in [9.17, 15) is 0 Å². The molecule has 1 N–H and O–H groups in total. The third-order valence-electron chi connectivity index (χ3n) is 3.37. The molecule has 0 saturated carbocycles. The Balaban J connectivity index is 1.75. The fourth-order valence-corrected chi connectivity index (χ4v) is 2.35. The van der Waals surface area contributed by atoms with Crippen LogP contribution in [0.15, 0.2) is 6.20 Å². The molecule has 1 fully saturated rings. The minimum absolute atomic E-state index is 0.468. The van der Waals surface area contributed by atoms with Crippen molar-refractivity contribution in [2.24, 2.45) is 7.05 Å². The molecule has 2 unspecified atom stereocenters. The van der Waals surface area contributed by atoms with Gasteiger partial charge in [0.15, 0.2) is 0 Å². The maximum atomic E-state index is 5.64. The fraction of sp³-hybridized carbons (Fsp3) is 0.833. The summed E-state index contributed by atoms with van der Waals surface area (Å²) in [4.78, 5) is 0. The number of ether oxygens (including phenoxy) is 1. The molecule has 1 saturated heterocycles. The second-order valence-corrected chi connectivity index (χ2v) is 4.79. The molecule has 0 spiro atoms. The minimum Gasteiger partial charge on any atom is -0.378 e. The van der Waals surface area contributed by atoms with Crippen molar-refractivity contribution in [3.05, 3.63) is 11.9 Å². The van der Waals surface area contributed by atoms with Gasteiger partial charge in [-0.25, -0.2) is 0 Å². The van der Waals surface area contributed by atoms with Gasteiger partial charge in [-0.2, -0.15) is 0 Å². The number of likely N-dealkylation sites (N-methyl/N-ethyl adjacent to an activating group) is 1. The SMILES string of the molecule is CNC(CCC1CCCO1)Cc1cn(C)nn1. The molecular formula is C12H22N4O. The Morgan fingerprint density at radius 2 is 2.53 bits per heavy atom. The van der Waals surface area contributed by atoms with E-state index >= 15 is 0 Å². The summed E-state index contributed by atoms with van der Waals surface area (Å²) in [7, 11) is 3.91. The van der Waals surface area contributed by atoms with Crippen LogP contribution in [0.4, 0.5) is 0 Å². The van der Waals surface area contributed by atoms with Gasteiger partial charge in [-0.3, -0.25) is 4.68 Å². The Kier molecular flexibility index (Phi) is 4.50. The van der Waals surface area contributed by atoms with Crippen molar-refractivity contribution < 1.29 is 4.74 Å². The number of aryl methyl sites for hydroxylation is 1. The van der Waals surface area contributed by atoms with Crippen LogP contribution in [-0.2, 0) is 18.2 Å². The fourth-order valence-electron chi connectivity index (χ4n) is 2.35. The van der Waals surface area contributed by atoms with E-state index in [1.54, 1.807) is 4.68 Å². The van der Waals surface area contributed by atoms with E-state index in [-0.39, 0.29) is 0 Å². The van der Waals surface area contributed by atoms with Gasteiger partial charge < -0.3 is 10.1 Å². The highest BCUT2D eigenvalue weighted by Gasteiger charge is 2.18. The molecule has 1 aromatic heterocycles. The van der Waals surface area contributed by atoms with Crippen LogP contribution in [0.2, 0.25) is 0 Å². The van der Waals surface area contributed by atoms with E-state index in [0.717, 1.165) is 31.6 Å². The molecule has 1 aromatic rings. The third-order valence-corrected chi connectivity index (χ3v) is 3.37. The van der Waals surface area contributed by atoms with Gasteiger partial charge in [-0.05, 0) is 32.7 Å². The van der Waals surface area contributed by atoms with Gasteiger partial charge in [-0.15, -0.1) is 5.10 Å². The van der Waals surface area contributed by atoms with E-state index in [1.165, 1.54) is 12.8 Å².